The van der Waals surface area contributed by atoms with E-state index in [-0.39, 0.29) is 29.9 Å². The van der Waals surface area contributed by atoms with Crippen LogP contribution in [0.4, 0.5) is 0 Å². The molecule has 1 saturated carbocycles. The molecule has 0 radical (unpaired) electrons. The fourth-order valence-electron chi connectivity index (χ4n) is 4.05. The minimum absolute atomic E-state index is 0.0219. The van der Waals surface area contributed by atoms with Crippen LogP contribution in [0.1, 0.15) is 58.5 Å². The number of aromatic carboxylic acids is 1. The zero-order valence-corrected chi connectivity index (χ0v) is 15.9. The minimum Gasteiger partial charge on any atom is -0.481 e. The molecule has 0 bridgehead atoms. The Kier molecular flexibility index (Phi) is 5.42. The summed E-state index contributed by atoms with van der Waals surface area (Å²) in [5.74, 6) is -0.914. The number of rotatable bonds is 6. The van der Waals surface area contributed by atoms with E-state index in [0.29, 0.717) is 5.82 Å². The van der Waals surface area contributed by atoms with Crippen molar-refractivity contribution >= 4 is 5.97 Å². The highest BCUT2D eigenvalue weighted by Gasteiger charge is 2.33. The summed E-state index contributed by atoms with van der Waals surface area (Å²) in [6.45, 7) is 0.0985. The summed E-state index contributed by atoms with van der Waals surface area (Å²) in [6, 6.07) is 19.4. The average Bonchev–Trinajstić information content (AvgIpc) is 3.23. The number of carboxylic acids is 1. The van der Waals surface area contributed by atoms with Crippen molar-refractivity contribution in [2.45, 2.75) is 37.7 Å². The topological polar surface area (TPSA) is 92.3 Å². The van der Waals surface area contributed by atoms with E-state index < -0.39 is 11.5 Å². The van der Waals surface area contributed by atoms with Gasteiger partial charge in [0.05, 0.1) is 0 Å². The molecule has 1 aromatic heterocycles. The van der Waals surface area contributed by atoms with E-state index in [2.05, 4.69) is 22.1 Å². The van der Waals surface area contributed by atoms with Gasteiger partial charge in [0.25, 0.3) is 5.56 Å². The summed E-state index contributed by atoms with van der Waals surface area (Å²) in [6.07, 6.45) is 2.83. The van der Waals surface area contributed by atoms with Gasteiger partial charge in [-0.1, -0.05) is 67.1 Å². The van der Waals surface area contributed by atoms with Crippen molar-refractivity contribution < 1.29 is 14.6 Å². The largest absolute Gasteiger partial charge is 0.481 e. The molecule has 1 fully saturated rings. The number of aromatic nitrogens is 2. The fraction of sp³-hybridized carbons (Fsp3) is 0.261. The molecule has 1 aliphatic carbocycles. The van der Waals surface area contributed by atoms with Crippen molar-refractivity contribution in [2.24, 2.45) is 0 Å². The number of aromatic amines is 1. The number of ether oxygens (including phenoxy) is 1. The second kappa shape index (κ2) is 8.31. The second-order valence-electron chi connectivity index (χ2n) is 7.26. The molecule has 29 heavy (non-hydrogen) atoms. The summed E-state index contributed by atoms with van der Waals surface area (Å²) < 4.78 is 5.56. The van der Waals surface area contributed by atoms with Gasteiger partial charge in [0.2, 0.25) is 5.75 Å². The SMILES string of the molecule is O=C(O)c1nc(C2CCCC2c2ccccc2)[nH]c(=O)c1OCc1ccccc1. The zero-order valence-electron chi connectivity index (χ0n) is 15.9. The number of hydrogen-bond acceptors (Lipinski definition) is 4. The van der Waals surface area contributed by atoms with Gasteiger partial charge in [-0.25, -0.2) is 9.78 Å². The maximum absolute atomic E-state index is 12.7. The number of benzene rings is 2. The molecule has 0 spiro atoms. The number of nitrogens with one attached hydrogen (secondary N) is 1. The smallest absolute Gasteiger partial charge is 0.358 e. The molecule has 6 heteroatoms. The Bertz CT molecular complexity index is 1050. The zero-order chi connectivity index (χ0) is 20.2. The number of carbonyl (C=O) groups is 1. The summed E-state index contributed by atoms with van der Waals surface area (Å²) in [5, 5.41) is 9.64. The van der Waals surface area contributed by atoms with Gasteiger partial charge in [0.15, 0.2) is 5.69 Å². The highest BCUT2D eigenvalue weighted by Crippen LogP contribution is 2.44. The van der Waals surface area contributed by atoms with Crippen molar-refractivity contribution in [1.82, 2.24) is 9.97 Å². The summed E-state index contributed by atoms with van der Waals surface area (Å²) in [5.41, 5.74) is 1.13. The Morgan fingerprint density at radius 1 is 1.03 bits per heavy atom. The number of carboxylic acid groups (broad SMARTS) is 1. The summed E-state index contributed by atoms with van der Waals surface area (Å²) in [4.78, 5) is 31.6. The lowest BCUT2D eigenvalue weighted by atomic mass is 9.88. The summed E-state index contributed by atoms with van der Waals surface area (Å²) in [7, 11) is 0. The van der Waals surface area contributed by atoms with Gasteiger partial charge in [-0.3, -0.25) is 4.79 Å². The van der Waals surface area contributed by atoms with Crippen LogP contribution in [0.2, 0.25) is 0 Å². The van der Waals surface area contributed by atoms with E-state index in [0.717, 1.165) is 24.8 Å². The lowest BCUT2D eigenvalue weighted by Gasteiger charge is -2.20. The predicted octanol–water partition coefficient (Wildman–Crippen LogP) is 4.10. The molecule has 2 aromatic carbocycles. The Hall–Kier alpha value is -3.41. The highest BCUT2D eigenvalue weighted by molar-refractivity contribution is 5.88. The Labute approximate surface area is 168 Å². The molecule has 1 heterocycles. The first kappa shape index (κ1) is 18.9. The highest BCUT2D eigenvalue weighted by atomic mass is 16.5. The lowest BCUT2D eigenvalue weighted by molar-refractivity contribution is 0.0683. The van der Waals surface area contributed by atoms with Gasteiger partial charge in [-0.2, -0.15) is 0 Å². The number of H-pyrrole nitrogens is 1. The first-order valence-corrected chi connectivity index (χ1v) is 9.72. The summed E-state index contributed by atoms with van der Waals surface area (Å²) >= 11 is 0. The molecule has 0 aliphatic heterocycles. The van der Waals surface area contributed by atoms with Crippen LogP contribution in [0.5, 0.6) is 5.75 Å². The minimum atomic E-state index is -1.27. The normalized spacial score (nSPS) is 18.5. The molecule has 3 aromatic rings. The molecular formula is C23H22N2O4. The van der Waals surface area contributed by atoms with E-state index in [1.165, 1.54) is 5.56 Å². The van der Waals surface area contributed by atoms with E-state index >= 15 is 0 Å². The maximum atomic E-state index is 12.7. The van der Waals surface area contributed by atoms with E-state index in [1.807, 2.05) is 48.5 Å². The molecule has 148 valence electrons. The molecular weight excluding hydrogens is 368 g/mol. The molecule has 1 aliphatic rings. The Morgan fingerprint density at radius 2 is 1.69 bits per heavy atom. The van der Waals surface area contributed by atoms with Crippen molar-refractivity contribution in [3.8, 4) is 5.75 Å². The number of hydrogen-bond donors (Lipinski definition) is 2. The third-order valence-corrected chi connectivity index (χ3v) is 5.42. The van der Waals surface area contributed by atoms with Gasteiger partial charge < -0.3 is 14.8 Å². The molecule has 0 amide bonds. The average molecular weight is 390 g/mol. The standard InChI is InChI=1S/C23H22N2O4/c26-22-20(29-14-15-8-3-1-4-9-15)19(23(27)28)24-21(25-22)18-13-7-12-17(18)16-10-5-2-6-11-16/h1-6,8-11,17-18H,7,12-14H2,(H,27,28)(H,24,25,26). The Balaban J connectivity index is 1.65. The molecule has 2 unspecified atom stereocenters. The molecule has 6 nitrogen and oxygen atoms in total. The lowest BCUT2D eigenvalue weighted by Crippen LogP contribution is -2.23. The molecule has 0 saturated heterocycles. The molecule has 4 rings (SSSR count). The van der Waals surface area contributed by atoms with Crippen molar-refractivity contribution in [2.75, 3.05) is 0 Å². The van der Waals surface area contributed by atoms with Crippen LogP contribution in [0, 0.1) is 0 Å². The van der Waals surface area contributed by atoms with Crippen LogP contribution in [-0.4, -0.2) is 21.0 Å². The maximum Gasteiger partial charge on any atom is 0.358 e. The quantitative estimate of drug-likeness (QED) is 0.661. The van der Waals surface area contributed by atoms with Crippen LogP contribution in [0.25, 0.3) is 0 Å². The van der Waals surface area contributed by atoms with E-state index in [1.54, 1.807) is 0 Å². The Morgan fingerprint density at radius 3 is 2.38 bits per heavy atom. The van der Waals surface area contributed by atoms with Crippen LogP contribution >= 0.6 is 0 Å². The van der Waals surface area contributed by atoms with Crippen molar-refractivity contribution in [3.63, 3.8) is 0 Å². The van der Waals surface area contributed by atoms with Gasteiger partial charge >= 0.3 is 5.97 Å². The van der Waals surface area contributed by atoms with Crippen LogP contribution in [-0.2, 0) is 6.61 Å². The fourth-order valence-corrected chi connectivity index (χ4v) is 4.05. The molecule has 2 atom stereocenters. The third-order valence-electron chi connectivity index (χ3n) is 5.42. The van der Waals surface area contributed by atoms with Crippen LogP contribution in [0.3, 0.4) is 0 Å². The molecule has 2 N–H and O–H groups in total. The monoisotopic (exact) mass is 390 g/mol. The third kappa shape index (κ3) is 4.06. The van der Waals surface area contributed by atoms with Crippen LogP contribution in [0.15, 0.2) is 65.5 Å². The first-order valence-electron chi connectivity index (χ1n) is 9.72. The van der Waals surface area contributed by atoms with E-state index in [4.69, 9.17) is 4.74 Å². The van der Waals surface area contributed by atoms with Crippen LogP contribution < -0.4 is 10.3 Å². The van der Waals surface area contributed by atoms with Gasteiger partial charge in [-0.15, -0.1) is 0 Å². The van der Waals surface area contributed by atoms with Crippen molar-refractivity contribution in [3.05, 3.63) is 93.7 Å². The number of nitrogens with zero attached hydrogens (tertiary/aromatic N) is 1. The van der Waals surface area contributed by atoms with Gasteiger partial charge in [0.1, 0.15) is 12.4 Å². The van der Waals surface area contributed by atoms with Gasteiger partial charge in [0, 0.05) is 5.92 Å². The second-order valence-corrected chi connectivity index (χ2v) is 7.26. The van der Waals surface area contributed by atoms with Crippen molar-refractivity contribution in [1.29, 1.82) is 0 Å². The predicted molar refractivity (Wildman–Crippen MR) is 108 cm³/mol. The van der Waals surface area contributed by atoms with Gasteiger partial charge in [-0.05, 0) is 29.9 Å². The van der Waals surface area contributed by atoms with E-state index in [9.17, 15) is 14.7 Å². The first-order chi connectivity index (χ1) is 14.1.